The van der Waals surface area contributed by atoms with Crippen LogP contribution < -0.4 is 5.32 Å². The maximum atomic E-state index is 4.37. The zero-order chi connectivity index (χ0) is 10.0. The first-order valence-corrected chi connectivity index (χ1v) is 5.32. The molecule has 1 heterocycles. The summed E-state index contributed by atoms with van der Waals surface area (Å²) in [6, 6.07) is 1.95. The standard InChI is InChI=1S/C11H17N3/c1-3-11(6-4-7-11)14-10-5-8-12-9(2)13-10/h5,8H,3-4,6-7H2,1-2H3,(H,12,13,14). The maximum absolute atomic E-state index is 4.37. The molecular weight excluding hydrogens is 174 g/mol. The Labute approximate surface area is 85.0 Å². The summed E-state index contributed by atoms with van der Waals surface area (Å²) in [6.07, 6.45) is 6.87. The summed E-state index contributed by atoms with van der Waals surface area (Å²) in [5, 5.41) is 3.53. The second kappa shape index (κ2) is 3.56. The average molecular weight is 191 g/mol. The van der Waals surface area contributed by atoms with E-state index in [0.717, 1.165) is 11.6 Å². The normalized spacial score (nSPS) is 18.7. The largest absolute Gasteiger partial charge is 0.365 e. The highest BCUT2D eigenvalue weighted by Gasteiger charge is 2.35. The van der Waals surface area contributed by atoms with Crippen molar-refractivity contribution in [2.75, 3.05) is 5.32 Å². The van der Waals surface area contributed by atoms with Gasteiger partial charge in [-0.3, -0.25) is 0 Å². The zero-order valence-corrected chi connectivity index (χ0v) is 8.88. The molecule has 0 aromatic carbocycles. The highest BCUT2D eigenvalue weighted by Crippen LogP contribution is 2.37. The van der Waals surface area contributed by atoms with E-state index < -0.39 is 0 Å². The van der Waals surface area contributed by atoms with E-state index in [4.69, 9.17) is 0 Å². The van der Waals surface area contributed by atoms with Crippen LogP contribution in [0.15, 0.2) is 12.3 Å². The lowest BCUT2D eigenvalue weighted by Gasteiger charge is -2.42. The van der Waals surface area contributed by atoms with Crippen molar-refractivity contribution in [2.45, 2.75) is 45.1 Å². The van der Waals surface area contributed by atoms with E-state index in [0.29, 0.717) is 5.54 Å². The van der Waals surface area contributed by atoms with Gasteiger partial charge in [0.1, 0.15) is 11.6 Å². The van der Waals surface area contributed by atoms with Crippen molar-refractivity contribution in [3.63, 3.8) is 0 Å². The Hall–Kier alpha value is -1.12. The summed E-state index contributed by atoms with van der Waals surface area (Å²) in [4.78, 5) is 8.45. The Morgan fingerprint density at radius 2 is 2.29 bits per heavy atom. The molecule has 14 heavy (non-hydrogen) atoms. The monoisotopic (exact) mass is 191 g/mol. The first kappa shape index (κ1) is 9.44. The molecule has 0 amide bonds. The van der Waals surface area contributed by atoms with Crippen LogP contribution in [-0.4, -0.2) is 15.5 Å². The zero-order valence-electron chi connectivity index (χ0n) is 8.88. The molecule has 2 rings (SSSR count). The summed E-state index contributed by atoms with van der Waals surface area (Å²) in [6.45, 7) is 4.16. The van der Waals surface area contributed by atoms with E-state index in [1.54, 1.807) is 0 Å². The lowest BCUT2D eigenvalue weighted by atomic mass is 9.75. The molecule has 0 unspecified atom stereocenters. The molecule has 0 aliphatic heterocycles. The van der Waals surface area contributed by atoms with E-state index in [9.17, 15) is 0 Å². The van der Waals surface area contributed by atoms with Gasteiger partial charge in [-0.2, -0.15) is 0 Å². The third-order valence-electron chi connectivity index (χ3n) is 3.16. The number of aromatic nitrogens is 2. The van der Waals surface area contributed by atoms with Crippen LogP contribution in [0.25, 0.3) is 0 Å². The van der Waals surface area contributed by atoms with Gasteiger partial charge in [-0.15, -0.1) is 0 Å². The van der Waals surface area contributed by atoms with Crippen LogP contribution in [0.4, 0.5) is 5.82 Å². The first-order valence-electron chi connectivity index (χ1n) is 5.32. The minimum atomic E-state index is 0.320. The predicted molar refractivity (Wildman–Crippen MR) is 57.3 cm³/mol. The number of rotatable bonds is 3. The number of nitrogens with zero attached hydrogens (tertiary/aromatic N) is 2. The van der Waals surface area contributed by atoms with Gasteiger partial charge in [-0.05, 0) is 38.7 Å². The molecule has 0 spiro atoms. The lowest BCUT2D eigenvalue weighted by molar-refractivity contribution is 0.268. The van der Waals surface area contributed by atoms with E-state index in [1.807, 2.05) is 19.2 Å². The fraction of sp³-hybridized carbons (Fsp3) is 0.636. The molecule has 3 heteroatoms. The molecule has 76 valence electrons. The SMILES string of the molecule is CCC1(Nc2ccnc(C)n2)CCC1. The molecule has 1 aliphatic carbocycles. The number of nitrogens with one attached hydrogen (secondary N) is 1. The van der Waals surface area contributed by atoms with Gasteiger partial charge in [0.25, 0.3) is 0 Å². The maximum Gasteiger partial charge on any atom is 0.130 e. The van der Waals surface area contributed by atoms with Gasteiger partial charge in [0.2, 0.25) is 0 Å². The molecule has 0 radical (unpaired) electrons. The van der Waals surface area contributed by atoms with Gasteiger partial charge in [-0.25, -0.2) is 9.97 Å². The number of hydrogen-bond donors (Lipinski definition) is 1. The topological polar surface area (TPSA) is 37.8 Å². The molecule has 1 aromatic heterocycles. The predicted octanol–water partition coefficient (Wildman–Crippen LogP) is 2.53. The van der Waals surface area contributed by atoms with E-state index in [-0.39, 0.29) is 0 Å². The molecule has 1 aliphatic rings. The summed E-state index contributed by atoms with van der Waals surface area (Å²) in [7, 11) is 0. The summed E-state index contributed by atoms with van der Waals surface area (Å²) < 4.78 is 0. The molecule has 0 atom stereocenters. The minimum absolute atomic E-state index is 0.320. The summed E-state index contributed by atoms with van der Waals surface area (Å²) in [5.74, 6) is 1.81. The van der Waals surface area contributed by atoms with E-state index >= 15 is 0 Å². The van der Waals surface area contributed by atoms with Gasteiger partial charge >= 0.3 is 0 Å². The van der Waals surface area contributed by atoms with Crippen molar-refractivity contribution in [1.82, 2.24) is 9.97 Å². The van der Waals surface area contributed by atoms with Gasteiger partial charge < -0.3 is 5.32 Å². The van der Waals surface area contributed by atoms with Crippen molar-refractivity contribution >= 4 is 5.82 Å². The smallest absolute Gasteiger partial charge is 0.130 e. The van der Waals surface area contributed by atoms with Crippen LogP contribution in [0.2, 0.25) is 0 Å². The van der Waals surface area contributed by atoms with Crippen LogP contribution in [0.5, 0.6) is 0 Å². The molecule has 0 saturated heterocycles. The summed E-state index contributed by atoms with van der Waals surface area (Å²) >= 11 is 0. The third-order valence-corrected chi connectivity index (χ3v) is 3.16. The van der Waals surface area contributed by atoms with E-state index in [2.05, 4.69) is 22.2 Å². The molecule has 1 N–H and O–H groups in total. The first-order chi connectivity index (χ1) is 6.74. The molecule has 1 saturated carbocycles. The number of anilines is 1. The van der Waals surface area contributed by atoms with Crippen molar-refractivity contribution in [1.29, 1.82) is 0 Å². The quantitative estimate of drug-likeness (QED) is 0.797. The Kier molecular flexibility index (Phi) is 2.40. The highest BCUT2D eigenvalue weighted by atomic mass is 15.1. The van der Waals surface area contributed by atoms with Gasteiger partial charge in [-0.1, -0.05) is 6.92 Å². The summed E-state index contributed by atoms with van der Waals surface area (Å²) in [5.41, 5.74) is 0.320. The molecule has 3 nitrogen and oxygen atoms in total. The van der Waals surface area contributed by atoms with Crippen LogP contribution in [0.1, 0.15) is 38.4 Å². The van der Waals surface area contributed by atoms with Gasteiger partial charge in [0, 0.05) is 11.7 Å². The van der Waals surface area contributed by atoms with Crippen LogP contribution in [-0.2, 0) is 0 Å². The van der Waals surface area contributed by atoms with Crippen molar-refractivity contribution < 1.29 is 0 Å². The second-order valence-corrected chi connectivity index (χ2v) is 4.10. The van der Waals surface area contributed by atoms with Crippen molar-refractivity contribution in [3.8, 4) is 0 Å². The minimum Gasteiger partial charge on any atom is -0.365 e. The van der Waals surface area contributed by atoms with Crippen LogP contribution in [0.3, 0.4) is 0 Å². The highest BCUT2D eigenvalue weighted by molar-refractivity contribution is 5.37. The number of aryl methyl sites for hydroxylation is 1. The molecule has 0 bridgehead atoms. The van der Waals surface area contributed by atoms with Crippen LogP contribution in [0, 0.1) is 6.92 Å². The second-order valence-electron chi connectivity index (χ2n) is 4.10. The Morgan fingerprint density at radius 1 is 1.50 bits per heavy atom. The van der Waals surface area contributed by atoms with Crippen LogP contribution >= 0.6 is 0 Å². The molecule has 1 fully saturated rings. The Morgan fingerprint density at radius 3 is 2.79 bits per heavy atom. The Bertz CT molecular complexity index is 313. The van der Waals surface area contributed by atoms with Crippen molar-refractivity contribution in [2.24, 2.45) is 0 Å². The van der Waals surface area contributed by atoms with Gasteiger partial charge in [0.15, 0.2) is 0 Å². The number of hydrogen-bond acceptors (Lipinski definition) is 3. The Balaban J connectivity index is 2.09. The fourth-order valence-electron chi connectivity index (χ4n) is 1.97. The van der Waals surface area contributed by atoms with Crippen molar-refractivity contribution in [3.05, 3.63) is 18.1 Å². The molecular formula is C11H17N3. The van der Waals surface area contributed by atoms with Gasteiger partial charge in [0.05, 0.1) is 0 Å². The third kappa shape index (κ3) is 1.72. The lowest BCUT2D eigenvalue weighted by Crippen LogP contribution is -2.44. The fourth-order valence-corrected chi connectivity index (χ4v) is 1.97. The average Bonchev–Trinajstić information content (AvgIpc) is 2.11. The van der Waals surface area contributed by atoms with E-state index in [1.165, 1.54) is 25.7 Å². The molecule has 1 aromatic rings.